The fourth-order valence-corrected chi connectivity index (χ4v) is 3.65. The molecular formula is C24H34ClNO5. The number of carbonyl (C=O) groups excluding carboxylic acids is 1. The number of allylic oxidation sites excluding steroid dienone is 2. The number of benzene rings is 1. The Bertz CT molecular complexity index is 736. The van der Waals surface area contributed by atoms with Crippen molar-refractivity contribution >= 4 is 17.6 Å². The van der Waals surface area contributed by atoms with Gasteiger partial charge in [-0.1, -0.05) is 42.0 Å². The number of hydrogen-bond acceptors (Lipinski definition) is 6. The second-order valence-electron chi connectivity index (χ2n) is 8.01. The molecule has 1 heterocycles. The second-order valence-corrected chi connectivity index (χ2v) is 8.45. The van der Waals surface area contributed by atoms with Crippen LogP contribution in [0.2, 0.25) is 5.02 Å². The highest BCUT2D eigenvalue weighted by atomic mass is 35.5. The van der Waals surface area contributed by atoms with Crippen LogP contribution in [-0.4, -0.2) is 53.7 Å². The molecule has 1 aromatic carbocycles. The lowest BCUT2D eigenvalue weighted by molar-refractivity contribution is -0.147. The number of ether oxygens (including phenoxy) is 2. The molecule has 172 valence electrons. The maximum Gasteiger partial charge on any atom is 0.306 e. The van der Waals surface area contributed by atoms with Gasteiger partial charge in [-0.3, -0.25) is 4.79 Å². The summed E-state index contributed by atoms with van der Waals surface area (Å²) in [5, 5.41) is 24.3. The van der Waals surface area contributed by atoms with Gasteiger partial charge in [0.1, 0.15) is 18.5 Å². The Morgan fingerprint density at radius 3 is 2.84 bits per heavy atom. The van der Waals surface area contributed by atoms with E-state index in [9.17, 15) is 15.0 Å². The molecule has 0 saturated carbocycles. The first-order valence-electron chi connectivity index (χ1n) is 10.9. The molecule has 6 nitrogen and oxygen atoms in total. The highest BCUT2D eigenvalue weighted by Gasteiger charge is 2.32. The van der Waals surface area contributed by atoms with Gasteiger partial charge in [0, 0.05) is 29.9 Å². The van der Waals surface area contributed by atoms with Gasteiger partial charge in [0.05, 0.1) is 12.2 Å². The summed E-state index contributed by atoms with van der Waals surface area (Å²) < 4.78 is 10.7. The van der Waals surface area contributed by atoms with E-state index in [1.165, 1.54) is 0 Å². The summed E-state index contributed by atoms with van der Waals surface area (Å²) >= 11 is 5.92. The van der Waals surface area contributed by atoms with Gasteiger partial charge < -0.3 is 25.0 Å². The fourth-order valence-electron chi connectivity index (χ4n) is 3.47. The first kappa shape index (κ1) is 25.4. The molecule has 0 unspecified atom stereocenters. The lowest BCUT2D eigenvalue weighted by Gasteiger charge is -2.18. The van der Waals surface area contributed by atoms with Crippen molar-refractivity contribution in [2.24, 2.45) is 5.92 Å². The highest BCUT2D eigenvalue weighted by Crippen LogP contribution is 2.23. The van der Waals surface area contributed by atoms with E-state index in [1.54, 1.807) is 30.3 Å². The maximum absolute atomic E-state index is 11.5. The Kier molecular flexibility index (Phi) is 11.1. The van der Waals surface area contributed by atoms with Crippen molar-refractivity contribution in [1.82, 2.24) is 5.32 Å². The van der Waals surface area contributed by atoms with Crippen molar-refractivity contribution in [3.8, 4) is 5.75 Å². The normalized spacial score (nSPS) is 22.5. The zero-order valence-corrected chi connectivity index (χ0v) is 19.0. The van der Waals surface area contributed by atoms with Crippen LogP contribution < -0.4 is 10.1 Å². The summed E-state index contributed by atoms with van der Waals surface area (Å²) in [5.41, 5.74) is 0. The molecule has 0 bridgehead atoms. The van der Waals surface area contributed by atoms with Gasteiger partial charge in [-0.2, -0.15) is 0 Å². The minimum absolute atomic E-state index is 0.00904. The molecule has 0 spiro atoms. The van der Waals surface area contributed by atoms with Crippen LogP contribution in [0, 0.1) is 5.92 Å². The zero-order valence-electron chi connectivity index (χ0n) is 18.2. The molecule has 1 saturated heterocycles. The number of carbonyl (C=O) groups is 1. The van der Waals surface area contributed by atoms with Crippen LogP contribution in [0.3, 0.4) is 0 Å². The quantitative estimate of drug-likeness (QED) is 0.332. The van der Waals surface area contributed by atoms with Gasteiger partial charge in [-0.05, 0) is 51.3 Å². The molecule has 0 amide bonds. The van der Waals surface area contributed by atoms with Crippen molar-refractivity contribution in [3.05, 3.63) is 53.6 Å². The van der Waals surface area contributed by atoms with Crippen molar-refractivity contribution in [2.45, 2.75) is 63.9 Å². The smallest absolute Gasteiger partial charge is 0.306 e. The van der Waals surface area contributed by atoms with Gasteiger partial charge in [-0.25, -0.2) is 0 Å². The van der Waals surface area contributed by atoms with E-state index in [0.29, 0.717) is 30.2 Å². The molecule has 1 aliphatic rings. The second kappa shape index (κ2) is 13.5. The van der Waals surface area contributed by atoms with E-state index in [1.807, 2.05) is 32.1 Å². The number of rotatable bonds is 12. The number of aliphatic hydroxyl groups is 2. The Labute approximate surface area is 189 Å². The Hall–Kier alpha value is -1.86. The number of esters is 1. The van der Waals surface area contributed by atoms with Crippen molar-refractivity contribution in [1.29, 1.82) is 0 Å². The van der Waals surface area contributed by atoms with Crippen LogP contribution in [0.25, 0.3) is 0 Å². The Morgan fingerprint density at radius 2 is 2.10 bits per heavy atom. The third-order valence-electron chi connectivity index (χ3n) is 4.99. The Balaban J connectivity index is 1.71. The molecule has 4 atom stereocenters. The van der Waals surface area contributed by atoms with Crippen LogP contribution in [0.4, 0.5) is 0 Å². The van der Waals surface area contributed by atoms with Crippen LogP contribution in [0.5, 0.6) is 5.75 Å². The summed E-state index contributed by atoms with van der Waals surface area (Å²) in [6.45, 7) is 4.33. The number of halogens is 1. The summed E-state index contributed by atoms with van der Waals surface area (Å²) in [4.78, 5) is 11.5. The van der Waals surface area contributed by atoms with Crippen molar-refractivity contribution < 1.29 is 24.5 Å². The van der Waals surface area contributed by atoms with E-state index in [4.69, 9.17) is 21.1 Å². The Morgan fingerprint density at radius 1 is 1.32 bits per heavy atom. The standard InChI is InChI=1S/C24H34ClNO5/c1-17(2)31-24(29)11-6-4-3-5-10-21-22(26-15-23(21)28)13-12-19(27)16-30-20-9-7-8-18(25)14-20/h3-4,7-9,12-14,17,19,21-23,26-28H,5-6,10-11,15-16H2,1-2H3/b4-3-,13-12+/t19-,21-,22-,23+/m1/s1. The molecule has 1 aliphatic heterocycles. The summed E-state index contributed by atoms with van der Waals surface area (Å²) in [6.07, 6.45) is 9.01. The zero-order chi connectivity index (χ0) is 22.6. The molecular weight excluding hydrogens is 418 g/mol. The molecule has 1 aromatic rings. The minimum Gasteiger partial charge on any atom is -0.491 e. The molecule has 1 fully saturated rings. The highest BCUT2D eigenvalue weighted by molar-refractivity contribution is 6.30. The number of aliphatic hydroxyl groups excluding tert-OH is 2. The number of hydrogen-bond donors (Lipinski definition) is 3. The van der Waals surface area contributed by atoms with Gasteiger partial charge in [0.15, 0.2) is 0 Å². The third kappa shape index (κ3) is 9.87. The van der Waals surface area contributed by atoms with Crippen LogP contribution in [-0.2, 0) is 9.53 Å². The van der Waals surface area contributed by atoms with E-state index in [2.05, 4.69) is 5.32 Å². The lowest BCUT2D eigenvalue weighted by Crippen LogP contribution is -2.27. The summed E-state index contributed by atoms with van der Waals surface area (Å²) in [5.74, 6) is 0.488. The molecule has 3 N–H and O–H groups in total. The van der Waals surface area contributed by atoms with Crippen molar-refractivity contribution in [2.75, 3.05) is 13.2 Å². The first-order valence-corrected chi connectivity index (χ1v) is 11.2. The molecule has 2 rings (SSSR count). The van der Waals surface area contributed by atoms with Gasteiger partial charge in [0.25, 0.3) is 0 Å². The summed E-state index contributed by atoms with van der Waals surface area (Å²) in [6, 6.07) is 7.03. The summed E-state index contributed by atoms with van der Waals surface area (Å²) in [7, 11) is 0. The van der Waals surface area contributed by atoms with E-state index in [-0.39, 0.29) is 30.6 Å². The average Bonchev–Trinajstić information content (AvgIpc) is 3.06. The maximum atomic E-state index is 11.5. The average molecular weight is 452 g/mol. The molecule has 0 aromatic heterocycles. The fraction of sp³-hybridized carbons (Fsp3) is 0.542. The van der Waals surface area contributed by atoms with Crippen LogP contribution in [0.15, 0.2) is 48.6 Å². The van der Waals surface area contributed by atoms with Gasteiger partial charge in [-0.15, -0.1) is 0 Å². The largest absolute Gasteiger partial charge is 0.491 e. The molecule has 31 heavy (non-hydrogen) atoms. The van der Waals surface area contributed by atoms with E-state index >= 15 is 0 Å². The predicted molar refractivity (Wildman–Crippen MR) is 122 cm³/mol. The van der Waals surface area contributed by atoms with E-state index < -0.39 is 12.2 Å². The molecule has 0 aliphatic carbocycles. The van der Waals surface area contributed by atoms with Gasteiger partial charge in [0.2, 0.25) is 0 Å². The number of β-amino-alcohol motifs (C(OH)–C–C–N with tert-alkyl or cyclic N) is 1. The topological polar surface area (TPSA) is 88.0 Å². The minimum atomic E-state index is -0.760. The SMILES string of the molecule is CC(C)OC(=O)CC/C=C\CC[C@H]1[C@@H](O)CN[C@@H]1/C=C/[C@@H](O)COc1cccc(Cl)c1. The number of nitrogens with one attached hydrogen (secondary N) is 1. The molecule has 0 radical (unpaired) electrons. The lowest BCUT2D eigenvalue weighted by atomic mass is 9.92. The first-order chi connectivity index (χ1) is 14.8. The van der Waals surface area contributed by atoms with E-state index in [0.717, 1.165) is 12.8 Å². The molecule has 7 heteroatoms. The third-order valence-corrected chi connectivity index (χ3v) is 5.23. The monoisotopic (exact) mass is 451 g/mol. The van der Waals surface area contributed by atoms with Gasteiger partial charge >= 0.3 is 5.97 Å². The van der Waals surface area contributed by atoms with Crippen LogP contribution >= 0.6 is 11.6 Å². The van der Waals surface area contributed by atoms with Crippen LogP contribution in [0.1, 0.15) is 39.5 Å². The van der Waals surface area contributed by atoms with Crippen molar-refractivity contribution in [3.63, 3.8) is 0 Å². The predicted octanol–water partition coefficient (Wildman–Crippen LogP) is 3.65.